The molecule has 1 unspecified atom stereocenters. The Morgan fingerprint density at radius 2 is 1.85 bits per heavy atom. The van der Waals surface area contributed by atoms with Crippen LogP contribution >= 0.6 is 0 Å². The number of benzene rings is 1. The van der Waals surface area contributed by atoms with Crippen LogP contribution in [0.1, 0.15) is 41.9 Å². The van der Waals surface area contributed by atoms with Crippen LogP contribution < -0.4 is 0 Å². The number of Topliss-reactive ketones (excluding diaryl/α,β-unsaturated/α-hetero) is 1. The molecule has 1 fully saturated rings. The zero-order valence-electron chi connectivity index (χ0n) is 19.6. The summed E-state index contributed by atoms with van der Waals surface area (Å²) >= 11 is 0. The normalized spacial score (nSPS) is 18.1. The van der Waals surface area contributed by atoms with Crippen molar-refractivity contribution in [1.29, 1.82) is 0 Å². The lowest BCUT2D eigenvalue weighted by atomic mass is 9.95. The Labute approximate surface area is 194 Å². The first-order valence-corrected chi connectivity index (χ1v) is 11.3. The van der Waals surface area contributed by atoms with Crippen LogP contribution in [0.25, 0.3) is 11.4 Å². The van der Waals surface area contributed by atoms with E-state index in [1.54, 1.807) is 22.4 Å². The summed E-state index contributed by atoms with van der Waals surface area (Å²) in [7, 11) is 3.95. The predicted octanol–water partition coefficient (Wildman–Crippen LogP) is 3.58. The van der Waals surface area contributed by atoms with E-state index in [1.807, 2.05) is 61.5 Å². The zero-order chi connectivity index (χ0) is 23.7. The molecule has 172 valence electrons. The first kappa shape index (κ1) is 22.7. The molecule has 4 rings (SSSR count). The maximum absolute atomic E-state index is 13.3. The van der Waals surface area contributed by atoms with Gasteiger partial charge in [0.2, 0.25) is 0 Å². The highest BCUT2D eigenvalue weighted by atomic mass is 16.3. The van der Waals surface area contributed by atoms with E-state index in [1.165, 1.54) is 5.56 Å². The summed E-state index contributed by atoms with van der Waals surface area (Å²) in [5, 5.41) is 11.5. The van der Waals surface area contributed by atoms with E-state index >= 15 is 0 Å². The van der Waals surface area contributed by atoms with Gasteiger partial charge in [0.15, 0.2) is 5.76 Å². The lowest BCUT2D eigenvalue weighted by molar-refractivity contribution is -0.139. The van der Waals surface area contributed by atoms with Crippen LogP contribution in [-0.2, 0) is 16.0 Å². The number of hydrogen-bond acceptors (Lipinski definition) is 5. The summed E-state index contributed by atoms with van der Waals surface area (Å²) in [6, 6.07) is 12.8. The third-order valence-corrected chi connectivity index (χ3v) is 6.18. The Kier molecular flexibility index (Phi) is 6.33. The van der Waals surface area contributed by atoms with Crippen molar-refractivity contribution in [3.8, 4) is 0 Å². The second-order valence-electron chi connectivity index (χ2n) is 8.72. The highest BCUT2D eigenvalue weighted by molar-refractivity contribution is 6.46. The Balaban J connectivity index is 1.87. The average molecular weight is 447 g/mol. The summed E-state index contributed by atoms with van der Waals surface area (Å²) in [5.41, 5.74) is 3.79. The van der Waals surface area contributed by atoms with Gasteiger partial charge < -0.3 is 14.9 Å². The maximum atomic E-state index is 13.3. The Hall–Kier alpha value is -3.45. The Bertz CT molecular complexity index is 1220. The van der Waals surface area contributed by atoms with Crippen molar-refractivity contribution < 1.29 is 14.7 Å². The average Bonchev–Trinajstić information content (AvgIpc) is 3.27. The second kappa shape index (κ2) is 9.19. The molecule has 1 saturated heterocycles. The number of hydrogen-bond donors (Lipinski definition) is 1. The van der Waals surface area contributed by atoms with Crippen molar-refractivity contribution >= 4 is 23.1 Å². The van der Waals surface area contributed by atoms with E-state index in [-0.39, 0.29) is 11.3 Å². The van der Waals surface area contributed by atoms with Gasteiger partial charge in [0.25, 0.3) is 11.7 Å². The number of imidazole rings is 1. The van der Waals surface area contributed by atoms with Crippen LogP contribution in [0.15, 0.2) is 54.2 Å². The molecule has 0 spiro atoms. The number of amides is 1. The van der Waals surface area contributed by atoms with Crippen LogP contribution in [0.3, 0.4) is 0 Å². The molecular weight excluding hydrogens is 416 g/mol. The molecule has 7 heteroatoms. The summed E-state index contributed by atoms with van der Waals surface area (Å²) in [4.78, 5) is 34.5. The summed E-state index contributed by atoms with van der Waals surface area (Å²) < 4.78 is 1.75. The fraction of sp³-hybridized carbons (Fsp3) is 0.346. The van der Waals surface area contributed by atoms with Crippen LogP contribution in [0.2, 0.25) is 0 Å². The van der Waals surface area contributed by atoms with Crippen LogP contribution in [0, 0.1) is 6.92 Å². The molecule has 1 aromatic carbocycles. The minimum Gasteiger partial charge on any atom is -0.505 e. The molecule has 3 aromatic rings. The fourth-order valence-corrected chi connectivity index (χ4v) is 4.48. The van der Waals surface area contributed by atoms with Crippen molar-refractivity contribution in [2.45, 2.75) is 32.7 Å². The second-order valence-corrected chi connectivity index (χ2v) is 8.72. The first-order chi connectivity index (χ1) is 15.8. The lowest BCUT2D eigenvalue weighted by Gasteiger charge is -2.26. The lowest BCUT2D eigenvalue weighted by Crippen LogP contribution is -2.32. The highest BCUT2D eigenvalue weighted by Crippen LogP contribution is 2.40. The van der Waals surface area contributed by atoms with Gasteiger partial charge in [-0.3, -0.25) is 14.0 Å². The smallest absolute Gasteiger partial charge is 0.295 e. The molecule has 3 heterocycles. The van der Waals surface area contributed by atoms with Crippen molar-refractivity contribution in [2.75, 3.05) is 27.2 Å². The number of likely N-dealkylation sites (tertiary alicyclic amines) is 1. The molecule has 1 amide bonds. The van der Waals surface area contributed by atoms with Gasteiger partial charge in [0.05, 0.1) is 17.3 Å². The number of aliphatic hydroxyl groups is 1. The van der Waals surface area contributed by atoms with Crippen molar-refractivity contribution in [2.24, 2.45) is 0 Å². The van der Waals surface area contributed by atoms with E-state index in [0.717, 1.165) is 24.9 Å². The standard InChI is InChI=1S/C26H30N4O3/c1-5-18-10-12-19(13-11-18)23-21(25(32)26(33)30(23)16-8-14-28(3)4)24(31)22-17(2)27-20-9-6-7-15-29(20)22/h6-7,9-13,15,23,31H,5,8,14,16H2,1-4H3. The molecule has 2 aromatic heterocycles. The first-order valence-electron chi connectivity index (χ1n) is 11.3. The molecule has 7 nitrogen and oxygen atoms in total. The van der Waals surface area contributed by atoms with E-state index in [0.29, 0.717) is 23.6 Å². The quantitative estimate of drug-likeness (QED) is 0.341. The Morgan fingerprint density at radius 1 is 1.12 bits per heavy atom. The SMILES string of the molecule is CCc1ccc(C2C(=C(O)c3c(C)nc4ccccn34)C(=O)C(=O)N2CCCN(C)C)cc1. The minimum atomic E-state index is -0.660. The number of carbonyl (C=O) groups is 2. The van der Waals surface area contributed by atoms with Gasteiger partial charge in [0, 0.05) is 12.7 Å². The molecule has 0 bridgehead atoms. The van der Waals surface area contributed by atoms with Gasteiger partial charge in [-0.1, -0.05) is 37.3 Å². The molecule has 1 atom stereocenters. The zero-order valence-corrected chi connectivity index (χ0v) is 19.6. The topological polar surface area (TPSA) is 78.1 Å². The molecule has 33 heavy (non-hydrogen) atoms. The number of nitrogens with zero attached hydrogens (tertiary/aromatic N) is 4. The van der Waals surface area contributed by atoms with Gasteiger partial charge >= 0.3 is 0 Å². The number of rotatable bonds is 7. The fourth-order valence-electron chi connectivity index (χ4n) is 4.48. The number of aliphatic hydroxyl groups excluding tert-OH is 1. The summed E-state index contributed by atoms with van der Waals surface area (Å²) in [6.45, 7) is 5.08. The molecule has 0 saturated carbocycles. The van der Waals surface area contributed by atoms with Crippen molar-refractivity contribution in [3.05, 3.63) is 76.7 Å². The van der Waals surface area contributed by atoms with Gasteiger partial charge in [-0.2, -0.15) is 0 Å². The third-order valence-electron chi connectivity index (χ3n) is 6.18. The molecular formula is C26H30N4O3. The molecule has 0 radical (unpaired) electrons. The van der Waals surface area contributed by atoms with E-state index < -0.39 is 17.7 Å². The molecule has 0 aliphatic carbocycles. The predicted molar refractivity (Wildman–Crippen MR) is 128 cm³/mol. The molecule has 1 N–H and O–H groups in total. The number of carbonyl (C=O) groups excluding carboxylic acids is 2. The van der Waals surface area contributed by atoms with E-state index in [2.05, 4.69) is 11.9 Å². The van der Waals surface area contributed by atoms with E-state index in [4.69, 9.17) is 0 Å². The van der Waals surface area contributed by atoms with Crippen molar-refractivity contribution in [3.63, 3.8) is 0 Å². The van der Waals surface area contributed by atoms with Gasteiger partial charge in [0.1, 0.15) is 11.3 Å². The van der Waals surface area contributed by atoms with Crippen molar-refractivity contribution in [1.82, 2.24) is 19.2 Å². The van der Waals surface area contributed by atoms with Gasteiger partial charge in [-0.15, -0.1) is 0 Å². The highest BCUT2D eigenvalue weighted by Gasteiger charge is 2.46. The summed E-state index contributed by atoms with van der Waals surface area (Å²) in [5.74, 6) is -1.43. The monoisotopic (exact) mass is 446 g/mol. The Morgan fingerprint density at radius 3 is 2.52 bits per heavy atom. The van der Waals surface area contributed by atoms with Gasteiger partial charge in [-0.05, 0) is 63.7 Å². The summed E-state index contributed by atoms with van der Waals surface area (Å²) in [6.07, 6.45) is 3.41. The van der Waals surface area contributed by atoms with Crippen LogP contribution in [-0.4, -0.2) is 63.2 Å². The number of aryl methyl sites for hydroxylation is 2. The third kappa shape index (κ3) is 4.16. The van der Waals surface area contributed by atoms with Crippen LogP contribution in [0.4, 0.5) is 0 Å². The number of pyridine rings is 1. The largest absolute Gasteiger partial charge is 0.505 e. The molecule has 1 aliphatic heterocycles. The maximum Gasteiger partial charge on any atom is 0.295 e. The number of fused-ring (bicyclic) bond motifs is 1. The van der Waals surface area contributed by atoms with Gasteiger partial charge in [-0.25, -0.2) is 4.98 Å². The number of aromatic nitrogens is 2. The van der Waals surface area contributed by atoms with Crippen LogP contribution in [0.5, 0.6) is 0 Å². The minimum absolute atomic E-state index is 0.114. The van der Waals surface area contributed by atoms with E-state index in [9.17, 15) is 14.7 Å². The molecule has 1 aliphatic rings. The number of ketones is 1.